The van der Waals surface area contributed by atoms with Crippen LogP contribution in [0.4, 0.5) is 27.5 Å². The van der Waals surface area contributed by atoms with Crippen LogP contribution < -0.4 is 25.9 Å². The third-order valence-corrected chi connectivity index (χ3v) is 5.40. The molecule has 12 N–H and O–H groups in total. The van der Waals surface area contributed by atoms with Crippen LogP contribution in [0.5, 0.6) is 11.8 Å². The minimum atomic E-state index is -5.78. The van der Waals surface area contributed by atoms with Gasteiger partial charge < -0.3 is 27.0 Å². The van der Waals surface area contributed by atoms with Crippen molar-refractivity contribution in [1.29, 1.82) is 5.53 Å². The fraction of sp³-hybridized carbons (Fsp3) is 0. The first kappa shape index (κ1) is 27.8. The number of primary amides is 1. The average molecular weight is 572 g/mol. The van der Waals surface area contributed by atoms with Gasteiger partial charge in [0.2, 0.25) is 17.7 Å². The maximum atomic E-state index is 12.2. The Morgan fingerprint density at radius 2 is 1.69 bits per heavy atom. The zero-order valence-electron chi connectivity index (χ0n) is 16.7. The minimum absolute atomic E-state index is 0.216. The van der Waals surface area contributed by atoms with Gasteiger partial charge in [-0.2, -0.15) is 35.8 Å². The molecule has 36 heavy (non-hydrogen) atoms. The van der Waals surface area contributed by atoms with Gasteiger partial charge >= 0.3 is 26.6 Å². The third kappa shape index (κ3) is 5.27. The predicted molar refractivity (Wildman–Crippen MR) is 119 cm³/mol. The van der Waals surface area contributed by atoms with Gasteiger partial charge in [0.05, 0.1) is 22.1 Å². The van der Waals surface area contributed by atoms with Crippen LogP contribution in [0.2, 0.25) is 0 Å². The van der Waals surface area contributed by atoms with Crippen molar-refractivity contribution in [3.05, 3.63) is 10.4 Å². The highest BCUT2D eigenvalue weighted by Gasteiger charge is 2.37. The summed E-state index contributed by atoms with van der Waals surface area (Å²) >= 11 is -3.25. The zero-order valence-corrected chi connectivity index (χ0v) is 19.1. The van der Waals surface area contributed by atoms with E-state index in [4.69, 9.17) is 31.6 Å². The SMILES string of the molecule is [N-]=[N+]=Nc1c(NC(N)=O)c(N(C(N)=NS(=O)O)S(=O)(=O)O)c2c(O)n(NS(=O)(=O)O)c(O)c2c1N=N. The fourth-order valence-electron chi connectivity index (χ4n) is 2.83. The molecule has 0 radical (unpaired) electrons. The number of benzene rings is 1. The number of hydrogen-bond donors (Lipinski definition) is 10. The Labute approximate surface area is 200 Å². The Morgan fingerprint density at radius 1 is 1.14 bits per heavy atom. The first-order valence-corrected chi connectivity index (χ1v) is 12.0. The lowest BCUT2D eigenvalue weighted by Gasteiger charge is -2.24. The quantitative estimate of drug-likeness (QED) is 0.0365. The van der Waals surface area contributed by atoms with Crippen LogP contribution in [0, 0.1) is 5.53 Å². The number of guanidine groups is 1. The lowest BCUT2D eigenvalue weighted by molar-refractivity contribution is 0.259. The number of rotatable bonds is 8. The highest BCUT2D eigenvalue weighted by Crippen LogP contribution is 2.56. The number of azide groups is 1. The molecule has 1 aromatic carbocycles. The summed E-state index contributed by atoms with van der Waals surface area (Å²) in [6.07, 6.45) is 0. The van der Waals surface area contributed by atoms with E-state index >= 15 is 0 Å². The molecule has 0 bridgehead atoms. The van der Waals surface area contributed by atoms with E-state index in [9.17, 15) is 40.6 Å². The van der Waals surface area contributed by atoms with Gasteiger partial charge in [0.25, 0.3) is 11.3 Å². The Kier molecular flexibility index (Phi) is 7.45. The molecule has 23 nitrogen and oxygen atoms in total. The number of urea groups is 1. The van der Waals surface area contributed by atoms with Crippen molar-refractivity contribution in [3.8, 4) is 11.8 Å². The lowest BCUT2D eigenvalue weighted by atomic mass is 10.1. The zero-order chi connectivity index (χ0) is 27.7. The number of fused-ring (bicyclic) bond motifs is 1. The molecule has 1 unspecified atom stereocenters. The number of hydrogen-bond acceptors (Lipinski definition) is 11. The van der Waals surface area contributed by atoms with E-state index in [2.05, 4.69) is 19.5 Å². The lowest BCUT2D eigenvalue weighted by Crippen LogP contribution is -2.42. The van der Waals surface area contributed by atoms with E-state index in [0.29, 0.717) is 0 Å². The summed E-state index contributed by atoms with van der Waals surface area (Å²) in [6, 6.07) is -1.54. The average Bonchev–Trinajstić information content (AvgIpc) is 2.92. The summed E-state index contributed by atoms with van der Waals surface area (Å²) in [5.74, 6) is -4.53. The molecule has 0 aliphatic carbocycles. The summed E-state index contributed by atoms with van der Waals surface area (Å²) < 4.78 is 87.9. The minimum Gasteiger partial charge on any atom is -0.493 e. The molecular weight excluding hydrogens is 560 g/mol. The largest absolute Gasteiger partial charge is 0.493 e. The van der Waals surface area contributed by atoms with Crippen LogP contribution in [-0.4, -0.2) is 61.6 Å². The monoisotopic (exact) mass is 572 g/mol. The van der Waals surface area contributed by atoms with Gasteiger partial charge in [0.15, 0.2) is 0 Å². The normalized spacial score (nSPS) is 13.0. The van der Waals surface area contributed by atoms with Crippen LogP contribution in [0.1, 0.15) is 0 Å². The maximum absolute atomic E-state index is 12.2. The second kappa shape index (κ2) is 9.65. The van der Waals surface area contributed by atoms with E-state index in [1.54, 1.807) is 5.32 Å². The van der Waals surface area contributed by atoms with E-state index in [0.717, 1.165) is 0 Å². The predicted octanol–water partition coefficient (Wildman–Crippen LogP) is -0.446. The molecule has 0 fully saturated rings. The van der Waals surface area contributed by atoms with E-state index < -0.39 is 93.5 Å². The summed E-state index contributed by atoms with van der Waals surface area (Å²) in [4.78, 5) is 15.2. The second-order valence-corrected chi connectivity index (χ2v) is 8.97. The summed E-state index contributed by atoms with van der Waals surface area (Å²) in [6.45, 7) is 0. The van der Waals surface area contributed by atoms with Gasteiger partial charge in [-0.25, -0.2) is 14.5 Å². The highest BCUT2D eigenvalue weighted by atomic mass is 32.2. The first-order chi connectivity index (χ1) is 16.5. The Bertz CT molecular complexity index is 1610. The molecule has 26 heteroatoms. The van der Waals surface area contributed by atoms with Gasteiger partial charge in [-0.15, -0.1) is 4.40 Å². The van der Waals surface area contributed by atoms with Gasteiger partial charge in [-0.3, -0.25) is 13.7 Å². The maximum Gasteiger partial charge on any atom is 0.371 e. The molecule has 0 aliphatic heterocycles. The van der Waals surface area contributed by atoms with Crippen molar-refractivity contribution >= 4 is 77.4 Å². The number of nitrogens with one attached hydrogen (secondary N) is 3. The molecule has 0 spiro atoms. The molecular formula is C10H12N12O11S3. The van der Waals surface area contributed by atoms with E-state index in [-0.39, 0.29) is 4.68 Å². The molecule has 196 valence electrons. The smallest absolute Gasteiger partial charge is 0.371 e. The number of amides is 2. The fourth-order valence-corrected chi connectivity index (χ4v) is 4.22. The van der Waals surface area contributed by atoms with Crippen molar-refractivity contribution in [2.45, 2.75) is 0 Å². The number of carbonyl (C=O) groups excluding carboxylic acids is 1. The van der Waals surface area contributed by atoms with Crippen LogP contribution in [0.3, 0.4) is 0 Å². The molecule has 0 saturated carbocycles. The highest BCUT2D eigenvalue weighted by molar-refractivity contribution is 7.88. The summed E-state index contributed by atoms with van der Waals surface area (Å²) in [5.41, 5.74) is 22.3. The summed E-state index contributed by atoms with van der Waals surface area (Å²) in [7, 11) is -11.1. The Balaban J connectivity index is 3.45. The van der Waals surface area contributed by atoms with Crippen molar-refractivity contribution in [3.63, 3.8) is 0 Å². The Hall–Kier alpha value is -4.46. The van der Waals surface area contributed by atoms with Crippen LogP contribution >= 0.6 is 0 Å². The van der Waals surface area contributed by atoms with E-state index in [1.807, 2.05) is 0 Å². The molecule has 0 saturated heterocycles. The number of nitrogens with two attached hydrogens (primary N) is 2. The molecule has 2 amide bonds. The first-order valence-electron chi connectivity index (χ1n) is 8.09. The molecule has 1 atom stereocenters. The topological polar surface area (TPSA) is 385 Å². The van der Waals surface area contributed by atoms with Crippen molar-refractivity contribution in [2.24, 2.45) is 26.1 Å². The van der Waals surface area contributed by atoms with Crippen LogP contribution in [0.15, 0.2) is 14.6 Å². The van der Waals surface area contributed by atoms with Gasteiger partial charge in [-0.05, 0) is 5.53 Å². The van der Waals surface area contributed by atoms with Gasteiger partial charge in [-0.1, -0.05) is 5.11 Å². The summed E-state index contributed by atoms with van der Waals surface area (Å²) in [5, 5.41) is 26.7. The molecule has 0 aliphatic rings. The van der Waals surface area contributed by atoms with Crippen LogP contribution in [0.25, 0.3) is 21.2 Å². The van der Waals surface area contributed by atoms with Gasteiger partial charge in [0, 0.05) is 4.91 Å². The van der Waals surface area contributed by atoms with Crippen molar-refractivity contribution in [2.75, 3.05) is 14.5 Å². The number of nitrogens with zero attached hydrogens (tertiary/aromatic N) is 7. The number of aromatic hydroxyl groups is 2. The van der Waals surface area contributed by atoms with Gasteiger partial charge in [0.1, 0.15) is 11.4 Å². The molecule has 2 rings (SSSR count). The van der Waals surface area contributed by atoms with Crippen molar-refractivity contribution in [1.82, 2.24) is 4.68 Å². The van der Waals surface area contributed by atoms with E-state index in [1.165, 1.54) is 4.83 Å². The second-order valence-electron chi connectivity index (χ2n) is 5.93. The standard InChI is InChI=1S/C10H12N12O11S3/c11-9(18-34(26)27)22(36(31,32)33)6-2-1(7(23)21(8(2)24)20-35(28,29)30)3(16-13)4(17-19-14)5(6)15-10(12)25/h13,20,23-24H,(H2,11,18)(H,26,27)(H3,12,15,25)(H,28,29,30)(H,31,32,33). The molecule has 1 heterocycles. The molecule has 2 aromatic rings. The Morgan fingerprint density at radius 3 is 2.11 bits per heavy atom. The number of anilines is 2. The van der Waals surface area contributed by atoms with Crippen molar-refractivity contribution < 1.29 is 49.7 Å². The number of aromatic nitrogens is 1. The number of carbonyl (C=O) groups is 1. The third-order valence-electron chi connectivity index (χ3n) is 3.82. The van der Waals surface area contributed by atoms with Crippen LogP contribution in [-0.2, 0) is 31.9 Å². The molecule has 1 aromatic heterocycles.